The van der Waals surface area contributed by atoms with E-state index in [0.29, 0.717) is 24.9 Å². The van der Waals surface area contributed by atoms with E-state index in [4.69, 9.17) is 37.1 Å². The molecule has 1 aliphatic carbocycles. The van der Waals surface area contributed by atoms with Crippen molar-refractivity contribution in [3.05, 3.63) is 0 Å². The van der Waals surface area contributed by atoms with E-state index in [1.165, 1.54) is 0 Å². The Kier molecular flexibility index (Phi) is 17.7. The number of carbonyl (C=O) groups excluding carboxylic acids is 2. The summed E-state index contributed by atoms with van der Waals surface area (Å²) in [5, 5.41) is 9.58. The van der Waals surface area contributed by atoms with E-state index in [1.807, 2.05) is 26.6 Å². The minimum absolute atomic E-state index is 0.0744. The first-order valence-corrected chi connectivity index (χ1v) is 32.8. The van der Waals surface area contributed by atoms with E-state index in [0.717, 1.165) is 22.3 Å². The summed E-state index contributed by atoms with van der Waals surface area (Å²) in [4.78, 5) is 38.3. The Balaban J connectivity index is 3.21. The van der Waals surface area contributed by atoms with Crippen LogP contribution >= 0.6 is 6.92 Å². The van der Waals surface area contributed by atoms with Crippen LogP contribution in [-0.4, -0.2) is 84.6 Å². The predicted molar refractivity (Wildman–Crippen MR) is 190 cm³/mol. The highest BCUT2D eigenvalue weighted by Gasteiger charge is 2.49. The molecule has 1 radical (unpaired) electrons. The summed E-state index contributed by atoms with van der Waals surface area (Å²) >= 11 is 4.91. The van der Waals surface area contributed by atoms with Crippen molar-refractivity contribution in [2.24, 2.45) is 11.8 Å². The second kappa shape index (κ2) is 18.3. The molecule has 1 fully saturated rings. The van der Waals surface area contributed by atoms with Crippen molar-refractivity contribution in [3.63, 3.8) is 0 Å². The molecule has 6 atom stereocenters. The lowest BCUT2D eigenvalue weighted by Gasteiger charge is -2.43. The van der Waals surface area contributed by atoms with Gasteiger partial charge in [-0.2, -0.15) is 0 Å². The van der Waals surface area contributed by atoms with E-state index >= 15 is 0 Å². The molecule has 0 bridgehead atoms. The molecule has 18 heteroatoms. The van der Waals surface area contributed by atoms with Crippen LogP contribution in [0.15, 0.2) is 0 Å². The average Bonchev–Trinajstić information content (AvgIpc) is 2.83. The van der Waals surface area contributed by atoms with Crippen molar-refractivity contribution in [2.75, 3.05) is 6.61 Å². The molecular formula is C26H56O10PS2Si5. The molecule has 0 aromatic heterocycles. The van der Waals surface area contributed by atoms with Crippen molar-refractivity contribution in [1.29, 1.82) is 0 Å². The smallest absolute Gasteiger partial charge is 0.360 e. The molecule has 0 saturated heterocycles. The van der Waals surface area contributed by atoms with Crippen molar-refractivity contribution >= 4 is 82.6 Å². The zero-order valence-electron chi connectivity index (χ0n) is 28.7. The number of aliphatic hydroxyl groups excluding tert-OH is 1. The molecule has 0 amide bonds. The van der Waals surface area contributed by atoms with Crippen LogP contribution in [0.25, 0.3) is 0 Å². The molecule has 0 heterocycles. The largest absolute Gasteiger partial charge is 0.619 e. The first-order valence-electron chi connectivity index (χ1n) is 15.4. The maximum atomic E-state index is 13.4. The number of hydrogen-bond donors (Lipinski definition) is 1. The number of ether oxygens (including phenoxy) is 2. The number of hydrogen-bond acceptors (Lipinski definition) is 11. The van der Waals surface area contributed by atoms with Gasteiger partial charge in [0.2, 0.25) is 0 Å². The van der Waals surface area contributed by atoms with Gasteiger partial charge in [-0.15, -0.1) is 0 Å². The van der Waals surface area contributed by atoms with Gasteiger partial charge in [0.05, 0.1) is 17.9 Å². The first kappa shape index (κ1) is 42.5. The predicted octanol–water partition coefficient (Wildman–Crippen LogP) is 5.25. The highest BCUT2D eigenvalue weighted by molar-refractivity contribution is 8.34. The number of rotatable bonds is 18. The Morgan fingerprint density at radius 2 is 1.41 bits per heavy atom. The molecule has 1 saturated carbocycles. The lowest BCUT2D eigenvalue weighted by atomic mass is 9.97. The minimum atomic E-state index is -3.15. The zero-order chi connectivity index (χ0) is 34.1. The van der Waals surface area contributed by atoms with Crippen LogP contribution in [0.3, 0.4) is 0 Å². The van der Waals surface area contributed by atoms with E-state index in [2.05, 4.69) is 39.3 Å². The number of aliphatic hydroxyl groups is 1. The highest BCUT2D eigenvalue weighted by atomic mass is 32.9. The van der Waals surface area contributed by atoms with E-state index in [-0.39, 0.29) is 24.3 Å². The Hall–Kier alpha value is 0.524. The fourth-order valence-electron chi connectivity index (χ4n) is 5.41. The van der Waals surface area contributed by atoms with E-state index in [1.54, 1.807) is 13.8 Å². The molecule has 1 aliphatic rings. The van der Waals surface area contributed by atoms with Gasteiger partial charge in [0.25, 0.3) is 0 Å². The van der Waals surface area contributed by atoms with Gasteiger partial charge in [-0.05, 0) is 91.5 Å². The monoisotopic (exact) mass is 763 g/mol. The lowest BCUT2D eigenvalue weighted by Crippen LogP contribution is -2.59. The Morgan fingerprint density at radius 1 is 0.886 bits per heavy atom. The van der Waals surface area contributed by atoms with Crippen molar-refractivity contribution in [1.82, 2.24) is 0 Å². The van der Waals surface area contributed by atoms with Gasteiger partial charge < -0.3 is 35.9 Å². The summed E-state index contributed by atoms with van der Waals surface area (Å²) in [7, 11) is -11.0. The average molecular weight is 764 g/mol. The summed E-state index contributed by atoms with van der Waals surface area (Å²) < 4.78 is 38.0. The third kappa shape index (κ3) is 17.1. The van der Waals surface area contributed by atoms with Crippen LogP contribution in [0, 0.1) is 11.8 Å². The van der Waals surface area contributed by atoms with Gasteiger partial charge in [-0.1, -0.05) is 13.8 Å². The second-order valence-electron chi connectivity index (χ2n) is 14.3. The zero-order valence-corrected chi connectivity index (χ0v) is 36.2. The van der Waals surface area contributed by atoms with Gasteiger partial charge in [-0.25, -0.2) is 0 Å². The molecule has 1 rings (SSSR count). The third-order valence-electron chi connectivity index (χ3n) is 6.69. The molecule has 257 valence electrons. The van der Waals surface area contributed by atoms with Gasteiger partial charge in [-0.3, -0.25) is 9.59 Å². The maximum absolute atomic E-state index is 13.4. The number of carbonyl (C=O) groups is 2. The quantitative estimate of drug-likeness (QED) is 0.112. The van der Waals surface area contributed by atoms with E-state index in [9.17, 15) is 19.6 Å². The summed E-state index contributed by atoms with van der Waals surface area (Å²) in [5.41, 5.74) is 0.0783. The SMILES string of the molecule is CC(O)COC(=O)C(C)C[Si](C)(O[Si](C)(C)C)O[Si](C)(CC(C)C(=O)OC1CCC([P+]([O-])=S=S)CC1)O[Si](C)O[Si](C)(C)C. The molecule has 0 aromatic rings. The van der Waals surface area contributed by atoms with Gasteiger partial charge in [0.15, 0.2) is 16.6 Å². The molecule has 1 N–H and O–H groups in total. The van der Waals surface area contributed by atoms with Crippen molar-refractivity contribution in [3.8, 4) is 0 Å². The van der Waals surface area contributed by atoms with E-state index < -0.39 is 73.9 Å². The molecule has 0 aliphatic heterocycles. The maximum Gasteiger partial charge on any atom is 0.360 e. The summed E-state index contributed by atoms with van der Waals surface area (Å²) in [6.07, 6.45) is 1.85. The lowest BCUT2D eigenvalue weighted by molar-refractivity contribution is -0.157. The molecule has 0 aromatic carbocycles. The number of esters is 2. The molecule has 44 heavy (non-hydrogen) atoms. The molecular weight excluding hydrogens is 708 g/mol. The topological polar surface area (TPSA) is 133 Å². The summed E-state index contributed by atoms with van der Waals surface area (Å²) in [6, 6.07) is 0.685. The van der Waals surface area contributed by atoms with Gasteiger partial charge >= 0.3 is 38.3 Å². The van der Waals surface area contributed by atoms with Gasteiger partial charge in [0, 0.05) is 23.3 Å². The minimum Gasteiger partial charge on any atom is -0.619 e. The van der Waals surface area contributed by atoms with Crippen molar-refractivity contribution < 1.29 is 45.5 Å². The second-order valence-corrected chi connectivity index (χ2v) is 36.7. The Bertz CT molecular complexity index is 1000. The fourth-order valence-corrected chi connectivity index (χ4v) is 28.6. The first-order chi connectivity index (χ1) is 20.0. The van der Waals surface area contributed by atoms with Crippen LogP contribution in [0.2, 0.25) is 71.0 Å². The van der Waals surface area contributed by atoms with Gasteiger partial charge in [0.1, 0.15) is 34.8 Å². The summed E-state index contributed by atoms with van der Waals surface area (Å²) in [6.45, 7) is 22.1. The molecule has 0 spiro atoms. The fraction of sp³-hybridized carbons (Fsp3) is 0.923. The summed E-state index contributed by atoms with van der Waals surface area (Å²) in [5.74, 6) is -1.73. The normalized spacial score (nSPS) is 23.1. The van der Waals surface area contributed by atoms with Crippen LogP contribution < -0.4 is 4.89 Å². The Morgan fingerprint density at radius 3 is 1.89 bits per heavy atom. The third-order valence-corrected chi connectivity index (χ3v) is 27.4. The van der Waals surface area contributed by atoms with Crippen LogP contribution in [0.4, 0.5) is 0 Å². The molecule has 10 nitrogen and oxygen atoms in total. The van der Waals surface area contributed by atoms with Crippen LogP contribution in [0.1, 0.15) is 46.5 Å². The van der Waals surface area contributed by atoms with Crippen molar-refractivity contribution in [2.45, 2.75) is 135 Å². The van der Waals surface area contributed by atoms with Crippen LogP contribution in [0.5, 0.6) is 0 Å². The molecule has 6 unspecified atom stereocenters. The Labute approximate surface area is 280 Å². The highest BCUT2D eigenvalue weighted by Crippen LogP contribution is 2.36. The van der Waals surface area contributed by atoms with Crippen LogP contribution in [-0.2, 0) is 56.2 Å². The standard InChI is InChI=1S/C26H56O10PS2Si5/c1-20(25(28)31-17-22(3)27)19-44(12,35-42(8,9)10)36-43(11,34-40(4)33-41(5,6)7)18-21(2)26(29)32-23-13-15-24(16-14-23)37(30)39-38/h20-24,27H,13-19H2,1-12H3.